The van der Waals surface area contributed by atoms with Gasteiger partial charge in [0.25, 0.3) is 17.2 Å². The second-order valence-electron chi connectivity index (χ2n) is 25.3. The summed E-state index contributed by atoms with van der Waals surface area (Å²) in [5, 5.41) is 37.1. The fourth-order valence-corrected chi connectivity index (χ4v) is 12.6. The molecule has 1 amide bonds. The number of aromatic nitrogens is 8. The van der Waals surface area contributed by atoms with Crippen LogP contribution in [0.2, 0.25) is 0 Å². The Hall–Kier alpha value is -11.5. The SMILES string of the molecule is COc1ccc(C(=O)Nc2c(C)noc2C)cc1OC1CCOC1.COc1ccc(C2(C#N)CCC(C(=O)O)CC2)cc1OC1CCCC1.COc1ccc(OCc2c(C)cncc2C)c2nc(C3CC3)[nH]c12.O=c1c2cccnc2n(-c2cccc([N+](=O)[O-])c2)c(=O)n1Cc1ccncc1. The zero-order valence-corrected chi connectivity index (χ0v) is 57.2. The van der Waals surface area contributed by atoms with Crippen molar-refractivity contribution in [2.24, 2.45) is 5.92 Å². The fraction of sp³-hybridized carbons (Fsp3) is 0.360. The van der Waals surface area contributed by atoms with Crippen molar-refractivity contribution in [1.29, 1.82) is 5.26 Å². The molecule has 101 heavy (non-hydrogen) atoms. The molecule has 4 aromatic carbocycles. The van der Waals surface area contributed by atoms with Crippen LogP contribution < -0.4 is 45.0 Å². The van der Waals surface area contributed by atoms with Crippen molar-refractivity contribution in [3.8, 4) is 46.3 Å². The number of hydrogen-bond donors (Lipinski definition) is 3. The van der Waals surface area contributed by atoms with Gasteiger partial charge in [-0.1, -0.05) is 17.3 Å². The number of carboxylic acids is 1. The third kappa shape index (κ3) is 16.5. The predicted octanol–water partition coefficient (Wildman–Crippen LogP) is 12.7. The monoisotopic (exact) mass is 1370 g/mol. The minimum atomic E-state index is -0.758. The van der Waals surface area contributed by atoms with Crippen LogP contribution in [-0.2, 0) is 28.1 Å². The van der Waals surface area contributed by atoms with Crippen LogP contribution in [-0.4, -0.2) is 108 Å². The van der Waals surface area contributed by atoms with Crippen LogP contribution >= 0.6 is 0 Å². The lowest BCUT2D eigenvalue weighted by Gasteiger charge is -2.34. The van der Waals surface area contributed by atoms with Crippen molar-refractivity contribution in [2.45, 2.75) is 135 Å². The minimum Gasteiger partial charge on any atom is -0.494 e. The normalized spacial score (nSPS) is 17.0. The van der Waals surface area contributed by atoms with Gasteiger partial charge >= 0.3 is 11.7 Å². The van der Waals surface area contributed by atoms with E-state index in [2.05, 4.69) is 50.3 Å². The number of carbonyl (C=O) groups excluding carboxylic acids is 1. The lowest BCUT2D eigenvalue weighted by molar-refractivity contribution is -0.384. The highest BCUT2D eigenvalue weighted by Crippen LogP contribution is 2.45. The van der Waals surface area contributed by atoms with E-state index in [1.165, 1.54) is 60.2 Å². The van der Waals surface area contributed by atoms with Crippen molar-refractivity contribution in [3.63, 3.8) is 0 Å². The first kappa shape index (κ1) is 70.8. The molecule has 0 radical (unpaired) electrons. The number of methoxy groups -OCH3 is 3. The number of carboxylic acid groups (broad SMARTS) is 1. The summed E-state index contributed by atoms with van der Waals surface area (Å²) in [6.45, 7) is 9.40. The third-order valence-corrected chi connectivity index (χ3v) is 18.5. The van der Waals surface area contributed by atoms with E-state index in [0.717, 1.165) is 74.4 Å². The molecule has 3 saturated carbocycles. The van der Waals surface area contributed by atoms with Crippen molar-refractivity contribution in [1.82, 2.24) is 39.2 Å². The molecule has 1 unspecified atom stereocenters. The van der Waals surface area contributed by atoms with Gasteiger partial charge in [0.2, 0.25) is 0 Å². The molecule has 26 nitrogen and oxygen atoms in total. The van der Waals surface area contributed by atoms with Gasteiger partial charge in [-0.25, -0.2) is 19.3 Å². The highest BCUT2D eigenvalue weighted by atomic mass is 16.6. The van der Waals surface area contributed by atoms with Crippen LogP contribution in [0.5, 0.6) is 34.5 Å². The van der Waals surface area contributed by atoms with E-state index in [-0.39, 0.29) is 53.0 Å². The highest BCUT2D eigenvalue weighted by Gasteiger charge is 2.40. The molecule has 3 aliphatic carbocycles. The Labute approximate surface area is 581 Å². The Kier molecular flexibility index (Phi) is 22.5. The number of pyridine rings is 3. The zero-order chi connectivity index (χ0) is 71.3. The standard InChI is InChI=1S/C20H25NO4.C19H13N5O4.C19H21N3O2.C17H20N2O5/c1-24-17-7-6-15(12-18(17)25-16-4-2-3-5-16)20(13-21)10-8-14(9-11-20)19(22)23;25-18-16-5-2-8-21-17(16)23(14-3-1-4-15(11-14)24(27)28)19(26)22(18)12-13-6-9-20-10-7-13;1-11-8-20-9-12(2)14(11)10-24-16-7-6-15(23-3)17-18(16)22-19(21-17)13-4-5-13;1-10-16(11(2)24-19-10)18-17(20)12-4-5-14(21-3)15(8-12)23-13-6-7-22-9-13/h6-7,12,14,16H,2-5,8-11H2,1H3,(H,22,23);1-11H,12H2;6-9,13H,4-5,10H2,1-3H3,(H,21,22);4-5,8,13H,6-7,9H2,1-3H3,(H,18,20). The molecule has 7 heterocycles. The summed E-state index contributed by atoms with van der Waals surface area (Å²) < 4.78 is 47.0. The van der Waals surface area contributed by atoms with Gasteiger partial charge in [-0.15, -0.1) is 0 Å². The molecule has 14 rings (SSSR count). The van der Waals surface area contributed by atoms with Gasteiger partial charge in [0.1, 0.15) is 52.4 Å². The van der Waals surface area contributed by atoms with Crippen LogP contribution in [0.4, 0.5) is 11.4 Å². The quantitative estimate of drug-likeness (QED) is 0.0500. The Balaban J connectivity index is 0.000000136. The second kappa shape index (κ2) is 32.0. The summed E-state index contributed by atoms with van der Waals surface area (Å²) >= 11 is 0. The first-order chi connectivity index (χ1) is 48.9. The van der Waals surface area contributed by atoms with E-state index in [4.69, 9.17) is 42.7 Å². The number of fused-ring (bicyclic) bond motifs is 2. The summed E-state index contributed by atoms with van der Waals surface area (Å²) in [6.07, 6.45) is 18.4. The van der Waals surface area contributed by atoms with Crippen LogP contribution in [0.1, 0.15) is 132 Å². The van der Waals surface area contributed by atoms with Gasteiger partial charge in [-0.2, -0.15) is 5.26 Å². The van der Waals surface area contributed by atoms with Gasteiger partial charge in [-0.3, -0.25) is 39.0 Å². The number of nitrogens with zero attached hydrogens (tertiary/aromatic N) is 9. The molecular weight excluding hydrogens is 1290 g/mol. The van der Waals surface area contributed by atoms with Crippen molar-refractivity contribution < 1.29 is 57.3 Å². The molecule has 0 spiro atoms. The van der Waals surface area contributed by atoms with Gasteiger partial charge in [0.05, 0.1) is 80.6 Å². The van der Waals surface area contributed by atoms with Gasteiger partial charge in [-0.05, 0) is 193 Å². The number of amides is 1. The van der Waals surface area contributed by atoms with Gasteiger partial charge in [0.15, 0.2) is 34.4 Å². The summed E-state index contributed by atoms with van der Waals surface area (Å²) in [4.78, 5) is 80.9. The van der Waals surface area contributed by atoms with Crippen molar-refractivity contribution >= 4 is 45.3 Å². The Bertz CT molecular complexity index is 4750. The number of nitro groups is 1. The molecule has 10 aromatic rings. The number of H-pyrrole nitrogens is 1. The zero-order valence-electron chi connectivity index (χ0n) is 57.2. The van der Waals surface area contributed by atoms with E-state index in [1.807, 2.05) is 42.7 Å². The van der Waals surface area contributed by atoms with Crippen molar-refractivity contribution in [2.75, 3.05) is 39.9 Å². The average molecular weight is 1370 g/mol. The molecule has 3 N–H and O–H groups in total. The number of nitrogens with one attached hydrogen (secondary N) is 2. The molecule has 4 fully saturated rings. The lowest BCUT2D eigenvalue weighted by Crippen LogP contribution is -2.40. The molecule has 1 atom stereocenters. The van der Waals surface area contributed by atoms with E-state index in [0.29, 0.717) is 97.1 Å². The lowest BCUT2D eigenvalue weighted by atomic mass is 9.67. The number of aromatic amines is 1. The van der Waals surface area contributed by atoms with E-state index in [9.17, 15) is 39.7 Å². The fourth-order valence-electron chi connectivity index (χ4n) is 12.6. The molecule has 6 aromatic heterocycles. The average Bonchev–Trinajstić information content (AvgIpc) is 0.895. The Morgan fingerprint density at radius 2 is 1.47 bits per heavy atom. The topological polar surface area (TPSA) is 335 Å². The summed E-state index contributed by atoms with van der Waals surface area (Å²) in [5.74, 6) is 4.86. The number of carbonyl (C=O) groups is 2. The first-order valence-corrected chi connectivity index (χ1v) is 33.4. The maximum absolute atomic E-state index is 13.2. The minimum absolute atomic E-state index is 0.0280. The number of benzene rings is 4. The number of aryl methyl sites for hydroxylation is 4. The van der Waals surface area contributed by atoms with E-state index >= 15 is 0 Å². The Morgan fingerprint density at radius 3 is 2.11 bits per heavy atom. The molecule has 1 aliphatic heterocycles. The van der Waals surface area contributed by atoms with Crippen molar-refractivity contribution in [3.05, 3.63) is 210 Å². The third-order valence-electron chi connectivity index (χ3n) is 18.5. The maximum Gasteiger partial charge on any atom is 0.337 e. The van der Waals surface area contributed by atoms with Crippen LogP contribution in [0, 0.1) is 55.1 Å². The molecule has 26 heteroatoms. The maximum atomic E-state index is 13.2. The van der Waals surface area contributed by atoms with Gasteiger partial charge < -0.3 is 53.1 Å². The number of rotatable bonds is 19. The summed E-state index contributed by atoms with van der Waals surface area (Å²) in [6, 6.07) is 29.3. The van der Waals surface area contributed by atoms with Crippen LogP contribution in [0.15, 0.2) is 142 Å². The molecule has 1 saturated heterocycles. The number of anilines is 1. The number of nitro benzene ring substituents is 1. The molecule has 4 aliphatic rings. The predicted molar refractivity (Wildman–Crippen MR) is 374 cm³/mol. The van der Waals surface area contributed by atoms with Gasteiger partial charge in [0, 0.05) is 61.0 Å². The highest BCUT2D eigenvalue weighted by molar-refractivity contribution is 6.05. The number of ether oxygens (including phenoxy) is 7. The number of nitriles is 1. The van der Waals surface area contributed by atoms with Crippen LogP contribution in [0.3, 0.4) is 0 Å². The number of imidazole rings is 1. The van der Waals surface area contributed by atoms with Crippen LogP contribution in [0.25, 0.3) is 27.8 Å². The Morgan fingerprint density at radius 1 is 0.782 bits per heavy atom. The second-order valence-corrected chi connectivity index (χ2v) is 25.3. The number of non-ortho nitro benzene ring substituents is 1. The van der Waals surface area contributed by atoms with E-state index in [1.54, 1.807) is 96.1 Å². The molecular formula is C75H79N11O15. The first-order valence-electron chi connectivity index (χ1n) is 33.4. The van der Waals surface area contributed by atoms with E-state index < -0.39 is 27.6 Å². The number of hydrogen-bond acceptors (Lipinski definition) is 20. The smallest absolute Gasteiger partial charge is 0.337 e. The summed E-state index contributed by atoms with van der Waals surface area (Å²) in [7, 11) is 4.86. The number of aliphatic carboxylic acids is 1. The largest absolute Gasteiger partial charge is 0.494 e. The summed E-state index contributed by atoms with van der Waals surface area (Å²) in [5.41, 5.74) is 7.02. The molecule has 524 valence electrons. The molecule has 0 bridgehead atoms.